The molecule has 1 spiro atoms. The van der Waals surface area contributed by atoms with Gasteiger partial charge in [0, 0.05) is 53.2 Å². The van der Waals surface area contributed by atoms with Crippen molar-refractivity contribution in [3.63, 3.8) is 0 Å². The van der Waals surface area contributed by atoms with Crippen molar-refractivity contribution in [3.8, 4) is 11.8 Å². The standard InChI is InChI=1S/C52H63NO9/c54-26-49-34-16-15-32-24-48-17-6-5-9-28-8-1-4-12-30(28)20-41(53-27-55)37-18-33(44(48)38-23-43(57)62-45(37)38)25-50(48,59)52(61,46(32)49)47(58)40-22-36-31(19-39(42(56)21-34)51(40,49)60)13-7-14-35(36)29-10-2-3-11-29/h1,4,7-8,12-13,15-16,23,26,29,31-37,39-42,44-47,53,55-56,58-61H,2-3,6,10-11,14,17-22,24-25,27H2. The van der Waals surface area contributed by atoms with Crippen LogP contribution in [-0.4, -0.2) is 90.8 Å². The Balaban J connectivity index is 1.07. The predicted octanol–water partition coefficient (Wildman–Crippen LogP) is 4.14. The first-order valence-electron chi connectivity index (χ1n) is 24.1. The van der Waals surface area contributed by atoms with Crippen LogP contribution in [0.15, 0.2) is 60.2 Å². The molecule has 62 heavy (non-hydrogen) atoms. The molecule has 11 aliphatic rings. The Morgan fingerprint density at radius 3 is 2.52 bits per heavy atom. The van der Waals surface area contributed by atoms with Gasteiger partial charge in [0.15, 0.2) is 0 Å². The van der Waals surface area contributed by atoms with Crippen LogP contribution >= 0.6 is 0 Å². The number of carbonyl (C=O) groups excluding carboxylic acids is 2. The second kappa shape index (κ2) is 13.9. The van der Waals surface area contributed by atoms with Gasteiger partial charge in [0.2, 0.25) is 0 Å². The van der Waals surface area contributed by atoms with Crippen molar-refractivity contribution in [1.29, 1.82) is 0 Å². The minimum atomic E-state index is -2.25. The highest BCUT2D eigenvalue weighted by atomic mass is 16.5. The molecule has 330 valence electrons. The number of hydrogen-bond donors (Lipinski definition) is 7. The Labute approximate surface area is 364 Å². The monoisotopic (exact) mass is 845 g/mol. The molecule has 0 radical (unpaired) electrons. The quantitative estimate of drug-likeness (QED) is 0.0767. The molecule has 7 fully saturated rings. The summed E-state index contributed by atoms with van der Waals surface area (Å²) >= 11 is 0. The first-order valence-corrected chi connectivity index (χ1v) is 24.1. The van der Waals surface area contributed by atoms with Crippen molar-refractivity contribution < 1.29 is 45.0 Å². The molecular formula is C52H63NO9. The molecule has 7 N–H and O–H groups in total. The predicted molar refractivity (Wildman–Crippen MR) is 227 cm³/mol. The summed E-state index contributed by atoms with van der Waals surface area (Å²) in [6.45, 7) is -0.285. The van der Waals surface area contributed by atoms with Gasteiger partial charge in [0.25, 0.3) is 0 Å². The molecule has 10 nitrogen and oxygen atoms in total. The lowest BCUT2D eigenvalue weighted by atomic mass is 9.30. The third-order valence-corrected chi connectivity index (χ3v) is 20.5. The highest BCUT2D eigenvalue weighted by Gasteiger charge is 2.88. The number of rotatable bonds is 4. The summed E-state index contributed by atoms with van der Waals surface area (Å²) in [7, 11) is 0. The molecule has 1 heterocycles. The number of nitrogens with one attached hydrogen (secondary N) is 1. The third-order valence-electron chi connectivity index (χ3n) is 20.5. The van der Waals surface area contributed by atoms with E-state index in [0.29, 0.717) is 56.8 Å². The lowest BCUT2D eigenvalue weighted by Gasteiger charge is -2.76. The summed E-state index contributed by atoms with van der Waals surface area (Å²) < 4.78 is 6.24. The highest BCUT2D eigenvalue weighted by molar-refractivity contribution is 5.86. The number of allylic oxidation sites excluding steroid dienone is 4. The molecule has 10 aliphatic carbocycles. The van der Waals surface area contributed by atoms with E-state index < -0.39 is 87.4 Å². The van der Waals surface area contributed by atoms with E-state index in [1.807, 2.05) is 24.3 Å². The summed E-state index contributed by atoms with van der Waals surface area (Å²) in [5.41, 5.74) is -6.03. The number of benzene rings is 1. The van der Waals surface area contributed by atoms with Crippen molar-refractivity contribution in [3.05, 3.63) is 71.3 Å². The molecule has 20 unspecified atom stereocenters. The Hall–Kier alpha value is -3.14. The number of ether oxygens (including phenoxy) is 1. The van der Waals surface area contributed by atoms with E-state index in [4.69, 9.17) is 4.74 Å². The smallest absolute Gasteiger partial charge is 0.331 e. The number of aliphatic hydroxyl groups excluding tert-OH is 3. The first kappa shape index (κ1) is 40.4. The topological polar surface area (TPSA) is 177 Å². The molecule has 12 rings (SSSR count). The van der Waals surface area contributed by atoms with Crippen LogP contribution in [-0.2, 0) is 20.7 Å². The van der Waals surface area contributed by atoms with E-state index in [1.165, 1.54) is 12.8 Å². The molecule has 1 aromatic rings. The zero-order valence-corrected chi connectivity index (χ0v) is 35.5. The van der Waals surface area contributed by atoms with Gasteiger partial charge in [0.1, 0.15) is 23.6 Å². The van der Waals surface area contributed by atoms with Gasteiger partial charge in [-0.25, -0.2) is 4.79 Å². The van der Waals surface area contributed by atoms with Gasteiger partial charge in [-0.1, -0.05) is 80.0 Å². The Bertz CT molecular complexity index is 2200. The largest absolute Gasteiger partial charge is 0.454 e. The number of aliphatic hydroxyl groups is 6. The van der Waals surface area contributed by atoms with Crippen molar-refractivity contribution in [2.24, 2.45) is 81.8 Å². The van der Waals surface area contributed by atoms with Gasteiger partial charge in [-0.05, 0) is 122 Å². The number of esters is 1. The molecule has 1 aromatic carbocycles. The van der Waals surface area contributed by atoms with E-state index in [0.717, 1.165) is 42.2 Å². The van der Waals surface area contributed by atoms with E-state index in [1.54, 1.807) is 6.08 Å². The van der Waals surface area contributed by atoms with Crippen molar-refractivity contribution >= 4 is 12.3 Å². The maximum Gasteiger partial charge on any atom is 0.331 e. The zero-order chi connectivity index (χ0) is 42.6. The maximum absolute atomic E-state index is 14.6. The van der Waals surface area contributed by atoms with Gasteiger partial charge in [0.05, 0.1) is 30.0 Å². The summed E-state index contributed by atoms with van der Waals surface area (Å²) in [4.78, 5) is 28.2. The Morgan fingerprint density at radius 1 is 0.887 bits per heavy atom. The van der Waals surface area contributed by atoms with E-state index >= 15 is 0 Å². The van der Waals surface area contributed by atoms with Crippen molar-refractivity contribution in [1.82, 2.24) is 5.32 Å². The summed E-state index contributed by atoms with van der Waals surface area (Å²) in [6, 6.07) is 7.68. The van der Waals surface area contributed by atoms with Crippen LogP contribution in [0.5, 0.6) is 0 Å². The third kappa shape index (κ3) is 4.87. The molecule has 10 heteroatoms. The minimum Gasteiger partial charge on any atom is -0.454 e. The van der Waals surface area contributed by atoms with E-state index in [-0.39, 0.29) is 49.3 Å². The van der Waals surface area contributed by atoms with Crippen LogP contribution in [0.25, 0.3) is 0 Å². The second-order valence-electron chi connectivity index (χ2n) is 22.2. The molecule has 0 aromatic heterocycles. The van der Waals surface area contributed by atoms with Crippen LogP contribution in [0.3, 0.4) is 0 Å². The van der Waals surface area contributed by atoms with Gasteiger partial charge in [-0.2, -0.15) is 0 Å². The fourth-order valence-corrected chi connectivity index (χ4v) is 18.6. The molecule has 7 saturated carbocycles. The van der Waals surface area contributed by atoms with Crippen LogP contribution in [0, 0.1) is 93.7 Å². The molecule has 1 aliphatic heterocycles. The van der Waals surface area contributed by atoms with Gasteiger partial charge < -0.3 is 40.2 Å². The second-order valence-corrected chi connectivity index (χ2v) is 22.2. The molecule has 0 saturated heterocycles. The maximum atomic E-state index is 14.6. The number of carbonyl (C=O) groups is 2. The minimum absolute atomic E-state index is 0.0441. The first-order chi connectivity index (χ1) is 29.9. The van der Waals surface area contributed by atoms with Gasteiger partial charge in [-0.3, -0.25) is 5.32 Å². The highest BCUT2D eigenvalue weighted by Crippen LogP contribution is 2.80. The van der Waals surface area contributed by atoms with E-state index in [2.05, 4.69) is 41.5 Å². The van der Waals surface area contributed by atoms with Crippen LogP contribution < -0.4 is 5.32 Å². The van der Waals surface area contributed by atoms with E-state index in [9.17, 15) is 40.2 Å². The lowest BCUT2D eigenvalue weighted by molar-refractivity contribution is -0.390. The normalized spacial score (nSPS) is 52.8. The number of fused-ring (bicyclic) bond motifs is 6. The molecule has 4 bridgehead atoms. The number of hydrogen-bond acceptors (Lipinski definition) is 10. The fourth-order valence-electron chi connectivity index (χ4n) is 18.6. The average Bonchev–Trinajstić information content (AvgIpc) is 3.97. The summed E-state index contributed by atoms with van der Waals surface area (Å²) in [5, 5.41) is 82.4. The van der Waals surface area contributed by atoms with Gasteiger partial charge >= 0.3 is 5.97 Å². The van der Waals surface area contributed by atoms with Crippen molar-refractivity contribution in [2.75, 3.05) is 6.73 Å². The molecular weight excluding hydrogens is 783 g/mol. The number of aldehydes is 1. The van der Waals surface area contributed by atoms with Crippen molar-refractivity contribution in [2.45, 2.75) is 131 Å². The summed E-state index contributed by atoms with van der Waals surface area (Å²) in [6.07, 6.45) is 17.0. The Morgan fingerprint density at radius 2 is 1.71 bits per heavy atom. The molecule has 20 atom stereocenters. The SMILES string of the molecule is O=CC12C3C=CC4CC56CCC#Cc7ccccc7CC(NCO)C7CC(CC5(O)C(O)(C(O)C5CC8C(C=CCC8C8CCCC8)CC(C(O)C3)C51O)C42)C6C1=CC(=O)OC17. The molecule has 0 amide bonds. The van der Waals surface area contributed by atoms with Crippen LogP contribution in [0.2, 0.25) is 0 Å². The van der Waals surface area contributed by atoms with Gasteiger partial charge in [-0.15, -0.1) is 0 Å². The van der Waals surface area contributed by atoms with Crippen LogP contribution in [0.1, 0.15) is 94.6 Å². The summed E-state index contributed by atoms with van der Waals surface area (Å²) in [5.74, 6) is 2.63. The lowest BCUT2D eigenvalue weighted by Crippen LogP contribution is -2.88. The zero-order valence-electron chi connectivity index (χ0n) is 35.5. The average molecular weight is 846 g/mol. The van der Waals surface area contributed by atoms with Crippen LogP contribution in [0.4, 0.5) is 0 Å². The Kier molecular flexibility index (Phi) is 9.08. The fraction of sp³-hybridized carbons (Fsp3) is 0.692.